The molecule has 0 aromatic heterocycles. The first kappa shape index (κ1) is 20.8. The predicted octanol–water partition coefficient (Wildman–Crippen LogP) is 4.02. The van der Waals surface area contributed by atoms with Gasteiger partial charge in [0.1, 0.15) is 0 Å². The first-order valence-electron chi connectivity index (χ1n) is 9.31. The van der Waals surface area contributed by atoms with Gasteiger partial charge in [-0.3, -0.25) is 4.79 Å². The Morgan fingerprint density at radius 2 is 1.68 bits per heavy atom. The molecule has 150 valence electrons. The van der Waals surface area contributed by atoms with Gasteiger partial charge in [-0.15, -0.1) is 0 Å². The van der Waals surface area contributed by atoms with E-state index in [1.54, 1.807) is 24.1 Å². The minimum absolute atomic E-state index is 0.0391. The average molecular weight is 421 g/mol. The van der Waals surface area contributed by atoms with Crippen LogP contribution >= 0.6 is 11.6 Å². The third kappa shape index (κ3) is 4.09. The van der Waals surface area contributed by atoms with Crippen molar-refractivity contribution in [3.63, 3.8) is 0 Å². The van der Waals surface area contributed by atoms with Crippen LogP contribution in [0, 0.1) is 19.8 Å². The second-order valence-corrected chi connectivity index (χ2v) is 9.62. The summed E-state index contributed by atoms with van der Waals surface area (Å²) in [5.74, 6) is -0.140. The maximum Gasteiger partial charge on any atom is 0.243 e. The topological polar surface area (TPSA) is 57.7 Å². The highest BCUT2D eigenvalue weighted by Crippen LogP contribution is 2.28. The van der Waals surface area contributed by atoms with E-state index in [1.165, 1.54) is 16.4 Å². The highest BCUT2D eigenvalue weighted by Gasteiger charge is 2.33. The van der Waals surface area contributed by atoms with E-state index in [0.717, 1.165) is 16.8 Å². The quantitative estimate of drug-likeness (QED) is 0.750. The van der Waals surface area contributed by atoms with Crippen molar-refractivity contribution in [2.45, 2.75) is 31.6 Å². The number of anilines is 1. The maximum atomic E-state index is 13.0. The Morgan fingerprint density at radius 3 is 2.29 bits per heavy atom. The summed E-state index contributed by atoms with van der Waals surface area (Å²) >= 11 is 5.85. The van der Waals surface area contributed by atoms with Crippen LogP contribution in [0.4, 0.5) is 5.69 Å². The van der Waals surface area contributed by atoms with Crippen molar-refractivity contribution in [1.29, 1.82) is 0 Å². The van der Waals surface area contributed by atoms with Crippen molar-refractivity contribution in [2.24, 2.45) is 5.92 Å². The van der Waals surface area contributed by atoms with E-state index in [4.69, 9.17) is 11.6 Å². The van der Waals surface area contributed by atoms with Crippen molar-refractivity contribution >= 4 is 33.2 Å². The number of aryl methyl sites for hydroxylation is 1. The molecule has 0 spiro atoms. The fourth-order valence-electron chi connectivity index (χ4n) is 3.59. The predicted molar refractivity (Wildman–Crippen MR) is 112 cm³/mol. The summed E-state index contributed by atoms with van der Waals surface area (Å²) in [5, 5.41) is 0.498. The Kier molecular flexibility index (Phi) is 6.12. The van der Waals surface area contributed by atoms with E-state index in [0.29, 0.717) is 31.0 Å². The minimum atomic E-state index is -3.56. The van der Waals surface area contributed by atoms with Crippen LogP contribution in [0.25, 0.3) is 0 Å². The molecule has 0 atom stereocenters. The molecule has 0 saturated carbocycles. The molecule has 1 amide bonds. The number of piperidine rings is 1. The SMILES string of the molecule is Cc1cccc(N(C)C(=O)C2CCN(S(=O)(=O)c3ccc(Cl)cc3)CC2)c1C. The summed E-state index contributed by atoms with van der Waals surface area (Å²) in [6.07, 6.45) is 1.03. The zero-order valence-electron chi connectivity index (χ0n) is 16.4. The van der Waals surface area contributed by atoms with Crippen molar-refractivity contribution < 1.29 is 13.2 Å². The molecule has 0 bridgehead atoms. The molecule has 5 nitrogen and oxygen atoms in total. The summed E-state index contributed by atoms with van der Waals surface area (Å²) < 4.78 is 27.1. The van der Waals surface area contributed by atoms with Gasteiger partial charge in [0, 0.05) is 36.8 Å². The van der Waals surface area contributed by atoms with Gasteiger partial charge in [0.2, 0.25) is 15.9 Å². The smallest absolute Gasteiger partial charge is 0.243 e. The molecule has 2 aromatic carbocycles. The lowest BCUT2D eigenvalue weighted by Gasteiger charge is -2.33. The Labute approximate surface area is 172 Å². The van der Waals surface area contributed by atoms with E-state index in [2.05, 4.69) is 0 Å². The number of amides is 1. The number of halogens is 1. The molecule has 1 fully saturated rings. The lowest BCUT2D eigenvalue weighted by Crippen LogP contribution is -2.43. The summed E-state index contributed by atoms with van der Waals surface area (Å²) in [4.78, 5) is 14.9. The molecule has 3 rings (SSSR count). The number of nitrogens with zero attached hydrogens (tertiary/aromatic N) is 2. The Morgan fingerprint density at radius 1 is 1.07 bits per heavy atom. The van der Waals surface area contributed by atoms with Gasteiger partial charge in [0.25, 0.3) is 0 Å². The van der Waals surface area contributed by atoms with E-state index in [9.17, 15) is 13.2 Å². The summed E-state index contributed by atoms with van der Waals surface area (Å²) in [5.41, 5.74) is 3.13. The zero-order chi connectivity index (χ0) is 20.5. The van der Waals surface area contributed by atoms with Gasteiger partial charge in [-0.25, -0.2) is 8.42 Å². The van der Waals surface area contributed by atoms with Crippen LogP contribution < -0.4 is 4.90 Å². The van der Waals surface area contributed by atoms with E-state index in [1.807, 2.05) is 32.0 Å². The van der Waals surface area contributed by atoms with Crippen LogP contribution in [0.15, 0.2) is 47.4 Å². The molecular formula is C21H25ClN2O3S. The Hall–Kier alpha value is -1.89. The van der Waals surface area contributed by atoms with Gasteiger partial charge in [0.05, 0.1) is 4.90 Å². The van der Waals surface area contributed by atoms with E-state index >= 15 is 0 Å². The molecular weight excluding hydrogens is 396 g/mol. The van der Waals surface area contributed by atoms with Gasteiger partial charge < -0.3 is 4.90 Å². The lowest BCUT2D eigenvalue weighted by atomic mass is 9.96. The monoisotopic (exact) mass is 420 g/mol. The van der Waals surface area contributed by atoms with Gasteiger partial charge in [-0.2, -0.15) is 4.31 Å². The second-order valence-electron chi connectivity index (χ2n) is 7.25. The molecule has 0 radical (unpaired) electrons. The number of benzene rings is 2. The first-order valence-corrected chi connectivity index (χ1v) is 11.1. The summed E-state index contributed by atoms with van der Waals surface area (Å²) in [7, 11) is -1.77. The average Bonchev–Trinajstić information content (AvgIpc) is 2.69. The fraction of sp³-hybridized carbons (Fsp3) is 0.381. The fourth-order valence-corrected chi connectivity index (χ4v) is 5.19. The molecule has 28 heavy (non-hydrogen) atoms. The van der Waals surface area contributed by atoms with Crippen molar-refractivity contribution in [3.8, 4) is 0 Å². The highest BCUT2D eigenvalue weighted by molar-refractivity contribution is 7.89. The van der Waals surface area contributed by atoms with Crippen LogP contribution in [-0.2, 0) is 14.8 Å². The minimum Gasteiger partial charge on any atom is -0.315 e. The molecule has 1 aliphatic rings. The van der Waals surface area contributed by atoms with Crippen molar-refractivity contribution in [3.05, 3.63) is 58.6 Å². The van der Waals surface area contributed by atoms with Crippen LogP contribution in [0.1, 0.15) is 24.0 Å². The van der Waals surface area contributed by atoms with E-state index < -0.39 is 10.0 Å². The largest absolute Gasteiger partial charge is 0.315 e. The van der Waals surface area contributed by atoms with Gasteiger partial charge in [-0.05, 0) is 68.1 Å². The number of hydrogen-bond donors (Lipinski definition) is 0. The Bertz CT molecular complexity index is 966. The molecule has 1 saturated heterocycles. The summed E-state index contributed by atoms with van der Waals surface area (Å²) in [6, 6.07) is 12.1. The third-order valence-electron chi connectivity index (χ3n) is 5.52. The number of sulfonamides is 1. The second kappa shape index (κ2) is 8.23. The lowest BCUT2D eigenvalue weighted by molar-refractivity contribution is -0.123. The highest BCUT2D eigenvalue weighted by atomic mass is 35.5. The van der Waals surface area contributed by atoms with Crippen LogP contribution in [0.5, 0.6) is 0 Å². The van der Waals surface area contributed by atoms with Gasteiger partial charge in [0.15, 0.2) is 0 Å². The zero-order valence-corrected chi connectivity index (χ0v) is 17.9. The summed E-state index contributed by atoms with van der Waals surface area (Å²) in [6.45, 7) is 4.71. The number of hydrogen-bond acceptors (Lipinski definition) is 3. The first-order chi connectivity index (χ1) is 13.2. The molecule has 1 aliphatic heterocycles. The normalized spacial score (nSPS) is 16.1. The molecule has 2 aromatic rings. The molecule has 0 N–H and O–H groups in total. The molecule has 7 heteroatoms. The van der Waals surface area contributed by atoms with Crippen LogP contribution in [0.3, 0.4) is 0 Å². The number of rotatable bonds is 4. The van der Waals surface area contributed by atoms with Crippen molar-refractivity contribution in [2.75, 3.05) is 25.0 Å². The molecule has 0 aliphatic carbocycles. The van der Waals surface area contributed by atoms with Crippen LogP contribution in [0.2, 0.25) is 5.02 Å². The van der Waals surface area contributed by atoms with Crippen molar-refractivity contribution in [1.82, 2.24) is 4.31 Å². The number of carbonyl (C=O) groups is 1. The molecule has 0 unspecified atom stereocenters. The molecule has 1 heterocycles. The maximum absolute atomic E-state index is 13.0. The van der Waals surface area contributed by atoms with Gasteiger partial charge in [-0.1, -0.05) is 23.7 Å². The van der Waals surface area contributed by atoms with E-state index in [-0.39, 0.29) is 16.7 Å². The standard InChI is InChI=1S/C21H25ClN2O3S/c1-15-5-4-6-20(16(15)2)23(3)21(25)17-11-13-24(14-12-17)28(26,27)19-9-7-18(22)8-10-19/h4-10,17H,11-14H2,1-3H3. The third-order valence-corrected chi connectivity index (χ3v) is 7.69. The number of carbonyl (C=O) groups excluding carboxylic acids is 1. The van der Waals surface area contributed by atoms with Crippen LogP contribution in [-0.4, -0.2) is 38.8 Å². The van der Waals surface area contributed by atoms with Gasteiger partial charge >= 0.3 is 0 Å². The Balaban J connectivity index is 1.68.